The summed E-state index contributed by atoms with van der Waals surface area (Å²) in [7, 11) is 0. The molecule has 9 heteroatoms. The van der Waals surface area contributed by atoms with Gasteiger partial charge in [-0.3, -0.25) is 4.79 Å². The normalized spacial score (nSPS) is 20.8. The van der Waals surface area contributed by atoms with Gasteiger partial charge in [-0.25, -0.2) is 9.97 Å². The molecule has 1 amide bonds. The lowest BCUT2D eigenvalue weighted by atomic mass is 10.2. The fourth-order valence-corrected chi connectivity index (χ4v) is 4.57. The van der Waals surface area contributed by atoms with E-state index in [1.807, 2.05) is 24.2 Å². The van der Waals surface area contributed by atoms with Gasteiger partial charge in [0.25, 0.3) is 5.91 Å². The summed E-state index contributed by atoms with van der Waals surface area (Å²) in [6.45, 7) is 4.29. The molecular weight excluding hydrogens is 384 g/mol. The van der Waals surface area contributed by atoms with Gasteiger partial charge in [0, 0.05) is 43.8 Å². The van der Waals surface area contributed by atoms with E-state index in [4.69, 9.17) is 5.73 Å². The van der Waals surface area contributed by atoms with Crippen molar-refractivity contribution in [1.29, 1.82) is 0 Å². The summed E-state index contributed by atoms with van der Waals surface area (Å²) in [5, 5.41) is 1.01. The van der Waals surface area contributed by atoms with Crippen LogP contribution in [0.5, 0.6) is 0 Å². The van der Waals surface area contributed by atoms with Crippen LogP contribution in [-0.4, -0.2) is 57.2 Å². The average Bonchev–Trinajstić information content (AvgIpc) is 2.91. The van der Waals surface area contributed by atoms with Crippen LogP contribution in [0, 0.1) is 6.92 Å². The molecule has 0 bridgehead atoms. The highest BCUT2D eigenvalue weighted by Gasteiger charge is 2.26. The zero-order valence-corrected chi connectivity index (χ0v) is 17.0. The SMILES string of the molecule is Cc1c[nH]c2ncnc(N3C=C(C(=O)N4CCCC[C@H](N)C4)SCC3)c12.Cl. The minimum atomic E-state index is 0. The fourth-order valence-electron chi connectivity index (χ4n) is 3.61. The predicted octanol–water partition coefficient (Wildman–Crippen LogP) is 2.42. The number of amides is 1. The van der Waals surface area contributed by atoms with Crippen LogP contribution in [-0.2, 0) is 4.79 Å². The van der Waals surface area contributed by atoms with E-state index < -0.39 is 0 Å². The van der Waals surface area contributed by atoms with Gasteiger partial charge < -0.3 is 20.5 Å². The standard InChI is InChI=1S/C18H24N6OS.ClH/c1-12-8-20-16-15(12)17(22-11-21-16)23-6-7-26-14(10-23)18(25)24-5-3-2-4-13(19)9-24;/h8,10-11,13H,2-7,9,19H2,1H3,(H,20,21,22);1H/t13-;/m0./s1. The Labute approximate surface area is 169 Å². The molecule has 0 saturated carbocycles. The molecule has 146 valence electrons. The predicted molar refractivity (Wildman–Crippen MR) is 112 cm³/mol. The third-order valence-corrected chi connectivity index (χ3v) is 5.97. The zero-order chi connectivity index (χ0) is 18.1. The van der Waals surface area contributed by atoms with Crippen molar-refractivity contribution in [3.8, 4) is 0 Å². The van der Waals surface area contributed by atoms with Gasteiger partial charge in [0.15, 0.2) is 0 Å². The number of carbonyl (C=O) groups is 1. The van der Waals surface area contributed by atoms with Crippen LogP contribution in [0.15, 0.2) is 23.6 Å². The average molecular weight is 409 g/mol. The molecule has 2 aromatic heterocycles. The van der Waals surface area contributed by atoms with Crippen LogP contribution in [0.3, 0.4) is 0 Å². The lowest BCUT2D eigenvalue weighted by Crippen LogP contribution is -2.41. The van der Waals surface area contributed by atoms with Gasteiger partial charge in [0.2, 0.25) is 0 Å². The third kappa shape index (κ3) is 4.07. The van der Waals surface area contributed by atoms with Crippen molar-refractivity contribution in [3.63, 3.8) is 0 Å². The molecule has 0 aliphatic carbocycles. The second-order valence-electron chi connectivity index (χ2n) is 6.93. The van der Waals surface area contributed by atoms with Gasteiger partial charge >= 0.3 is 0 Å². The highest BCUT2D eigenvalue weighted by molar-refractivity contribution is 8.04. The summed E-state index contributed by atoms with van der Waals surface area (Å²) in [6, 6.07) is 0.0794. The Balaban J connectivity index is 0.00000210. The highest BCUT2D eigenvalue weighted by atomic mass is 35.5. The van der Waals surface area contributed by atoms with E-state index in [2.05, 4.69) is 19.9 Å². The van der Waals surface area contributed by atoms with Crippen molar-refractivity contribution in [2.75, 3.05) is 30.3 Å². The maximum absolute atomic E-state index is 13.0. The Morgan fingerprint density at radius 1 is 1.33 bits per heavy atom. The van der Waals surface area contributed by atoms with E-state index in [0.29, 0.717) is 6.54 Å². The van der Waals surface area contributed by atoms with E-state index in [9.17, 15) is 4.79 Å². The first-order valence-electron chi connectivity index (χ1n) is 9.08. The molecule has 2 aromatic rings. The lowest BCUT2D eigenvalue weighted by Gasteiger charge is -2.29. The summed E-state index contributed by atoms with van der Waals surface area (Å²) in [4.78, 5) is 29.7. The number of nitrogens with two attached hydrogens (primary N) is 1. The number of carbonyl (C=O) groups excluding carboxylic acids is 1. The number of rotatable bonds is 2. The Kier molecular flexibility index (Phi) is 6.29. The van der Waals surface area contributed by atoms with Crippen LogP contribution in [0.2, 0.25) is 0 Å². The summed E-state index contributed by atoms with van der Waals surface area (Å²) in [6.07, 6.45) is 8.56. The van der Waals surface area contributed by atoms with Crippen LogP contribution in [0.4, 0.5) is 5.82 Å². The number of nitrogens with zero attached hydrogens (tertiary/aromatic N) is 4. The first-order valence-corrected chi connectivity index (χ1v) is 10.1. The molecule has 0 unspecified atom stereocenters. The Morgan fingerprint density at radius 2 is 2.19 bits per heavy atom. The number of H-pyrrole nitrogens is 1. The van der Waals surface area contributed by atoms with Crippen LogP contribution in [0.25, 0.3) is 11.0 Å². The molecule has 4 rings (SSSR count). The number of nitrogens with one attached hydrogen (secondary N) is 1. The Hall–Kier alpha value is -1.77. The zero-order valence-electron chi connectivity index (χ0n) is 15.4. The number of halogens is 1. The van der Waals surface area contributed by atoms with Crippen molar-refractivity contribution in [1.82, 2.24) is 19.9 Å². The maximum Gasteiger partial charge on any atom is 0.261 e. The minimum absolute atomic E-state index is 0. The van der Waals surface area contributed by atoms with Crippen molar-refractivity contribution in [3.05, 3.63) is 29.2 Å². The largest absolute Gasteiger partial charge is 0.346 e. The number of hydrogen-bond acceptors (Lipinski definition) is 6. The van der Waals surface area contributed by atoms with Crippen molar-refractivity contribution in [2.24, 2.45) is 5.73 Å². The van der Waals surface area contributed by atoms with Gasteiger partial charge in [-0.2, -0.15) is 0 Å². The number of aryl methyl sites for hydroxylation is 1. The first kappa shape index (κ1) is 20.0. The van der Waals surface area contributed by atoms with Gasteiger partial charge in [-0.05, 0) is 25.3 Å². The first-order chi connectivity index (χ1) is 12.6. The summed E-state index contributed by atoms with van der Waals surface area (Å²) < 4.78 is 0. The number of anilines is 1. The molecule has 0 aromatic carbocycles. The van der Waals surface area contributed by atoms with E-state index >= 15 is 0 Å². The van der Waals surface area contributed by atoms with E-state index in [1.165, 1.54) is 0 Å². The number of thioether (sulfide) groups is 1. The molecule has 27 heavy (non-hydrogen) atoms. The van der Waals surface area contributed by atoms with E-state index in [1.54, 1.807) is 18.1 Å². The molecule has 1 atom stereocenters. The molecule has 1 fully saturated rings. The van der Waals surface area contributed by atoms with Crippen LogP contribution in [0.1, 0.15) is 24.8 Å². The van der Waals surface area contributed by atoms with E-state index in [0.717, 1.165) is 65.4 Å². The van der Waals surface area contributed by atoms with Gasteiger partial charge in [-0.15, -0.1) is 24.2 Å². The maximum atomic E-state index is 13.0. The molecule has 3 N–H and O–H groups in total. The molecule has 0 spiro atoms. The number of aromatic nitrogens is 3. The van der Waals surface area contributed by atoms with Gasteiger partial charge in [-0.1, -0.05) is 6.42 Å². The number of likely N-dealkylation sites (tertiary alicyclic amines) is 1. The number of aromatic amines is 1. The Morgan fingerprint density at radius 3 is 3.04 bits per heavy atom. The van der Waals surface area contributed by atoms with Gasteiger partial charge in [0.1, 0.15) is 17.8 Å². The van der Waals surface area contributed by atoms with Crippen molar-refractivity contribution in [2.45, 2.75) is 32.2 Å². The highest BCUT2D eigenvalue weighted by Crippen LogP contribution is 2.31. The monoisotopic (exact) mass is 408 g/mol. The minimum Gasteiger partial charge on any atom is -0.346 e. The smallest absolute Gasteiger partial charge is 0.261 e. The van der Waals surface area contributed by atoms with Crippen molar-refractivity contribution >= 4 is 46.9 Å². The number of fused-ring (bicyclic) bond motifs is 1. The van der Waals surface area contributed by atoms with Crippen LogP contribution >= 0.6 is 24.2 Å². The number of hydrogen-bond donors (Lipinski definition) is 2. The Bertz CT molecular complexity index is 853. The van der Waals surface area contributed by atoms with Gasteiger partial charge in [0.05, 0.1) is 10.3 Å². The molecule has 2 aliphatic rings. The lowest BCUT2D eigenvalue weighted by molar-refractivity contribution is -0.126. The molecule has 4 heterocycles. The molecule has 0 radical (unpaired) electrons. The van der Waals surface area contributed by atoms with Crippen LogP contribution < -0.4 is 10.6 Å². The second kappa shape index (κ2) is 8.50. The summed E-state index contributed by atoms with van der Waals surface area (Å²) in [5.41, 5.74) is 8.06. The molecule has 7 nitrogen and oxygen atoms in total. The topological polar surface area (TPSA) is 91.1 Å². The summed E-state index contributed by atoms with van der Waals surface area (Å²) >= 11 is 1.62. The van der Waals surface area contributed by atoms with Crippen molar-refractivity contribution < 1.29 is 4.79 Å². The fraction of sp³-hybridized carbons (Fsp3) is 0.500. The molecular formula is C18H25ClN6OS. The molecule has 1 saturated heterocycles. The third-order valence-electron chi connectivity index (χ3n) is 4.99. The summed E-state index contributed by atoms with van der Waals surface area (Å²) in [5.74, 6) is 1.80. The molecule has 2 aliphatic heterocycles. The quantitative estimate of drug-likeness (QED) is 0.792. The van der Waals surface area contributed by atoms with E-state index in [-0.39, 0.29) is 24.4 Å². The second-order valence-corrected chi connectivity index (χ2v) is 8.07.